The number of nitrogens with zero attached hydrogens (tertiary/aromatic N) is 1. The van der Waals surface area contributed by atoms with E-state index in [1.165, 1.54) is 30.0 Å². The summed E-state index contributed by atoms with van der Waals surface area (Å²) in [5, 5.41) is 2.26. The number of carbonyl (C=O) groups excluding carboxylic acids is 1. The molecule has 6 nitrogen and oxygen atoms in total. The number of rotatable bonds is 5. The first-order valence-electron chi connectivity index (χ1n) is 8.58. The maximum Gasteiger partial charge on any atom is 0.267 e. The second kappa shape index (κ2) is 7.75. The van der Waals surface area contributed by atoms with Crippen LogP contribution in [0.3, 0.4) is 0 Å². The largest absolute Gasteiger partial charge is 0.341 e. The minimum atomic E-state index is -4.20. The Bertz CT molecular complexity index is 1110. The number of halogens is 2. The normalized spacial score (nSPS) is 20.7. The second-order valence-electron chi connectivity index (χ2n) is 6.90. The van der Waals surface area contributed by atoms with Crippen molar-refractivity contribution in [1.29, 1.82) is 0 Å². The van der Waals surface area contributed by atoms with Gasteiger partial charge in [0.25, 0.3) is 16.0 Å². The van der Waals surface area contributed by atoms with Crippen LogP contribution >= 0.6 is 28.1 Å². The molecule has 0 bridgehead atoms. The smallest absolute Gasteiger partial charge is 0.267 e. The highest BCUT2D eigenvalue weighted by Gasteiger charge is 2.51. The number of likely N-dealkylation sites (N-methyl/N-ethyl adjacent to an activating group) is 1. The molecule has 2 atom stereocenters. The van der Waals surface area contributed by atoms with Crippen molar-refractivity contribution in [2.75, 3.05) is 7.05 Å². The summed E-state index contributed by atoms with van der Waals surface area (Å²) in [6.07, 6.45) is 0.0599. The van der Waals surface area contributed by atoms with E-state index in [9.17, 15) is 22.2 Å². The molecule has 1 saturated heterocycles. The summed E-state index contributed by atoms with van der Waals surface area (Å²) in [6, 6.07) is 11.1. The van der Waals surface area contributed by atoms with Crippen LogP contribution in [0.2, 0.25) is 0 Å². The van der Waals surface area contributed by atoms with E-state index in [4.69, 9.17) is 12.2 Å². The van der Waals surface area contributed by atoms with Gasteiger partial charge in [0.15, 0.2) is 10.7 Å². The molecule has 2 aromatic carbocycles. The molecular formula is C19H18BrFN2O4S2. The summed E-state index contributed by atoms with van der Waals surface area (Å²) < 4.78 is 46.1. The zero-order valence-electron chi connectivity index (χ0n) is 15.5. The first-order valence-corrected chi connectivity index (χ1v) is 11.3. The number of hydrogen-bond acceptors (Lipinski definition) is 4. The van der Waals surface area contributed by atoms with Gasteiger partial charge in [-0.2, -0.15) is 8.42 Å². The topological polar surface area (TPSA) is 86.7 Å². The minimum Gasteiger partial charge on any atom is -0.341 e. The quantitative estimate of drug-likeness (QED) is 0.484. The summed E-state index contributed by atoms with van der Waals surface area (Å²) >= 11 is 8.43. The lowest BCUT2D eigenvalue weighted by atomic mass is 9.82. The average molecular weight is 501 g/mol. The Hall–Kier alpha value is -1.88. The van der Waals surface area contributed by atoms with E-state index in [2.05, 4.69) is 21.2 Å². The van der Waals surface area contributed by atoms with Crippen molar-refractivity contribution in [3.05, 3.63) is 69.4 Å². The number of amides is 1. The van der Waals surface area contributed by atoms with Crippen LogP contribution < -0.4 is 5.32 Å². The lowest BCUT2D eigenvalue weighted by Crippen LogP contribution is -2.45. The molecule has 2 unspecified atom stereocenters. The summed E-state index contributed by atoms with van der Waals surface area (Å²) in [5.74, 6) is -0.818. The molecule has 3 rings (SSSR count). The Morgan fingerprint density at radius 1 is 1.28 bits per heavy atom. The number of nitrogens with one attached hydrogen (secondary N) is 1. The Labute approximate surface area is 182 Å². The third-order valence-electron chi connectivity index (χ3n) is 4.97. The van der Waals surface area contributed by atoms with Crippen LogP contribution in [0.25, 0.3) is 0 Å². The molecule has 2 aromatic rings. The monoisotopic (exact) mass is 500 g/mol. The van der Waals surface area contributed by atoms with Crippen LogP contribution in [0, 0.1) is 5.82 Å². The third kappa shape index (κ3) is 3.94. The molecule has 0 saturated carbocycles. The van der Waals surface area contributed by atoms with Crippen molar-refractivity contribution in [2.45, 2.75) is 24.1 Å². The van der Waals surface area contributed by atoms with Gasteiger partial charge in [-0.15, -0.1) is 0 Å². The Kier molecular flexibility index (Phi) is 5.83. The van der Waals surface area contributed by atoms with Crippen LogP contribution in [-0.4, -0.2) is 41.2 Å². The highest BCUT2D eigenvalue weighted by Crippen LogP contribution is 2.37. The molecule has 1 aliphatic heterocycles. The van der Waals surface area contributed by atoms with E-state index < -0.39 is 26.7 Å². The number of thiocarbonyl (C=S) groups is 1. The predicted octanol–water partition coefficient (Wildman–Crippen LogP) is 3.00. The van der Waals surface area contributed by atoms with Gasteiger partial charge in [0.2, 0.25) is 0 Å². The van der Waals surface area contributed by atoms with Gasteiger partial charge in [-0.1, -0.05) is 30.3 Å². The van der Waals surface area contributed by atoms with E-state index in [0.717, 1.165) is 0 Å². The van der Waals surface area contributed by atoms with E-state index in [1.807, 2.05) is 0 Å². The van der Waals surface area contributed by atoms with Gasteiger partial charge in [0, 0.05) is 7.05 Å². The van der Waals surface area contributed by atoms with E-state index in [1.54, 1.807) is 31.3 Å². The molecule has 0 aliphatic carbocycles. The summed E-state index contributed by atoms with van der Waals surface area (Å²) in [7, 11) is -2.65. The van der Waals surface area contributed by atoms with Crippen LogP contribution in [0.1, 0.15) is 23.6 Å². The third-order valence-corrected chi connectivity index (χ3v) is 7.14. The highest BCUT2D eigenvalue weighted by atomic mass is 79.9. The van der Waals surface area contributed by atoms with Crippen molar-refractivity contribution in [3.8, 4) is 0 Å². The molecule has 1 heterocycles. The SMILES string of the molecule is CC(Cc1cccc(C2(c3ccc(F)c(Br)c3)NC(=S)N(C)C2=O)c1)S(=O)(=O)O. The summed E-state index contributed by atoms with van der Waals surface area (Å²) in [5.41, 5.74) is 0.220. The molecule has 29 heavy (non-hydrogen) atoms. The molecule has 10 heteroatoms. The van der Waals surface area contributed by atoms with Gasteiger partial charge in [-0.05, 0) is 70.3 Å². The van der Waals surface area contributed by atoms with E-state index in [0.29, 0.717) is 16.7 Å². The summed E-state index contributed by atoms with van der Waals surface area (Å²) in [6.45, 7) is 1.40. The fourth-order valence-electron chi connectivity index (χ4n) is 3.30. The Morgan fingerprint density at radius 3 is 2.48 bits per heavy atom. The number of carbonyl (C=O) groups is 1. The van der Waals surface area contributed by atoms with Crippen LogP contribution in [-0.2, 0) is 26.9 Å². The summed E-state index contributed by atoms with van der Waals surface area (Å²) in [4.78, 5) is 14.6. The molecule has 154 valence electrons. The maximum absolute atomic E-state index is 13.8. The van der Waals surface area contributed by atoms with Crippen LogP contribution in [0.15, 0.2) is 46.9 Å². The van der Waals surface area contributed by atoms with Crippen molar-refractivity contribution < 1.29 is 22.2 Å². The molecule has 0 spiro atoms. The van der Waals surface area contributed by atoms with Gasteiger partial charge >= 0.3 is 0 Å². The van der Waals surface area contributed by atoms with Crippen LogP contribution in [0.4, 0.5) is 4.39 Å². The van der Waals surface area contributed by atoms with Gasteiger partial charge in [-0.25, -0.2) is 4.39 Å². The zero-order valence-corrected chi connectivity index (χ0v) is 18.7. The van der Waals surface area contributed by atoms with Crippen LogP contribution in [0.5, 0.6) is 0 Å². The van der Waals surface area contributed by atoms with Crippen molar-refractivity contribution in [1.82, 2.24) is 10.2 Å². The van der Waals surface area contributed by atoms with Gasteiger partial charge in [-0.3, -0.25) is 14.2 Å². The molecule has 1 aliphatic rings. The molecule has 1 fully saturated rings. The van der Waals surface area contributed by atoms with Crippen molar-refractivity contribution >= 4 is 49.3 Å². The maximum atomic E-state index is 13.8. The lowest BCUT2D eigenvalue weighted by molar-refractivity contribution is -0.129. The fourth-order valence-corrected chi connectivity index (χ4v) is 4.32. The number of hydrogen-bond donors (Lipinski definition) is 2. The van der Waals surface area contributed by atoms with Gasteiger partial charge in [0.05, 0.1) is 9.72 Å². The molecule has 0 aromatic heterocycles. The number of benzene rings is 2. The van der Waals surface area contributed by atoms with Gasteiger partial charge in [0.1, 0.15) is 5.82 Å². The predicted molar refractivity (Wildman–Crippen MR) is 115 cm³/mol. The van der Waals surface area contributed by atoms with Crippen molar-refractivity contribution in [2.24, 2.45) is 0 Å². The standard InChI is InChI=1S/C19H18BrFN2O4S2/c1-11(29(25,26)27)8-12-4-3-5-13(9-12)19(17(24)23(2)18(28)22-19)14-6-7-16(21)15(20)10-14/h3-7,9-11H,8H2,1-2H3,(H,22,28)(H,25,26,27). The zero-order chi connectivity index (χ0) is 21.6. The average Bonchev–Trinajstić information content (AvgIpc) is 2.88. The lowest BCUT2D eigenvalue weighted by Gasteiger charge is -2.29. The molecule has 2 N–H and O–H groups in total. The molecule has 0 radical (unpaired) electrons. The first kappa shape index (κ1) is 21.8. The highest BCUT2D eigenvalue weighted by molar-refractivity contribution is 9.10. The van der Waals surface area contributed by atoms with E-state index in [-0.39, 0.29) is 21.9 Å². The Balaban J connectivity index is 2.16. The molecular weight excluding hydrogens is 483 g/mol. The fraction of sp³-hybridized carbons (Fsp3) is 0.263. The van der Waals surface area contributed by atoms with Crippen molar-refractivity contribution in [3.63, 3.8) is 0 Å². The second-order valence-corrected chi connectivity index (χ2v) is 9.98. The van der Waals surface area contributed by atoms with E-state index >= 15 is 0 Å². The molecule has 1 amide bonds. The minimum absolute atomic E-state index is 0.0599. The first-order chi connectivity index (χ1) is 13.5. The Morgan fingerprint density at radius 2 is 1.93 bits per heavy atom. The van der Waals surface area contributed by atoms with Gasteiger partial charge < -0.3 is 5.32 Å².